The number of benzene rings is 1. The van der Waals surface area contributed by atoms with Crippen LogP contribution in [0.25, 0.3) is 0 Å². The van der Waals surface area contributed by atoms with E-state index < -0.39 is 0 Å². The molecule has 3 heteroatoms. The number of nitrogens with zero attached hydrogens (tertiary/aromatic N) is 2. The molecule has 0 fully saturated rings. The molecular formula is C16H23N3. The van der Waals surface area contributed by atoms with Crippen molar-refractivity contribution in [1.29, 1.82) is 0 Å². The maximum Gasteiger partial charge on any atom is 0.202 e. The Balaban J connectivity index is 2.01. The zero-order valence-electron chi connectivity index (χ0n) is 12.0. The van der Waals surface area contributed by atoms with Crippen LogP contribution in [0, 0.1) is 5.92 Å². The Bertz CT molecular complexity index is 488. The normalized spacial score (nSPS) is 12.6. The number of hydrogen-bond donors (Lipinski definition) is 1. The molecule has 2 aromatic rings. The van der Waals surface area contributed by atoms with Crippen LogP contribution in [0.2, 0.25) is 0 Å². The molecule has 0 aliphatic heterocycles. The Morgan fingerprint density at radius 1 is 1.16 bits per heavy atom. The van der Waals surface area contributed by atoms with E-state index in [0.29, 0.717) is 11.8 Å². The predicted molar refractivity (Wildman–Crippen MR) is 80.4 cm³/mol. The van der Waals surface area contributed by atoms with Gasteiger partial charge in [0.1, 0.15) is 0 Å². The van der Waals surface area contributed by atoms with Gasteiger partial charge in [-0.3, -0.25) is 0 Å². The predicted octanol–water partition coefficient (Wildman–Crippen LogP) is 3.75. The van der Waals surface area contributed by atoms with Gasteiger partial charge in [0.2, 0.25) is 5.95 Å². The molecule has 0 aliphatic rings. The van der Waals surface area contributed by atoms with Crippen LogP contribution in [0.5, 0.6) is 0 Å². The van der Waals surface area contributed by atoms with Gasteiger partial charge in [-0.1, -0.05) is 51.1 Å². The summed E-state index contributed by atoms with van der Waals surface area (Å²) in [6.45, 7) is 8.56. The van der Waals surface area contributed by atoms with E-state index in [1.165, 1.54) is 5.56 Å². The fourth-order valence-electron chi connectivity index (χ4n) is 2.10. The van der Waals surface area contributed by atoms with Crippen LogP contribution < -0.4 is 5.32 Å². The topological polar surface area (TPSA) is 29.9 Å². The van der Waals surface area contributed by atoms with Crippen molar-refractivity contribution in [2.75, 3.05) is 11.9 Å². The first kappa shape index (κ1) is 13.7. The van der Waals surface area contributed by atoms with E-state index in [9.17, 15) is 0 Å². The van der Waals surface area contributed by atoms with Crippen LogP contribution in [-0.2, 0) is 6.54 Å². The Labute approximate surface area is 115 Å². The van der Waals surface area contributed by atoms with Crippen LogP contribution in [0.4, 0.5) is 5.95 Å². The molecular weight excluding hydrogens is 234 g/mol. The lowest BCUT2D eigenvalue weighted by molar-refractivity contribution is 0.595. The Kier molecular flexibility index (Phi) is 4.61. The maximum atomic E-state index is 4.39. The minimum absolute atomic E-state index is 0.481. The number of anilines is 1. The van der Waals surface area contributed by atoms with Gasteiger partial charge in [-0.05, 0) is 17.4 Å². The summed E-state index contributed by atoms with van der Waals surface area (Å²) in [5, 5.41) is 3.40. The summed E-state index contributed by atoms with van der Waals surface area (Å²) in [5.41, 5.74) is 1.37. The molecule has 1 heterocycles. The van der Waals surface area contributed by atoms with Crippen LogP contribution in [0.15, 0.2) is 42.7 Å². The van der Waals surface area contributed by atoms with Gasteiger partial charge in [0.15, 0.2) is 0 Å². The lowest BCUT2D eigenvalue weighted by Crippen LogP contribution is -2.14. The van der Waals surface area contributed by atoms with E-state index in [1.807, 2.05) is 12.4 Å². The summed E-state index contributed by atoms with van der Waals surface area (Å²) in [5.74, 6) is 2.07. The number of hydrogen-bond acceptors (Lipinski definition) is 2. The molecule has 0 saturated heterocycles. The SMILES string of the molecule is CC(C)CNc1nccn1CC(C)c1ccccc1. The Hall–Kier alpha value is -1.77. The summed E-state index contributed by atoms with van der Waals surface area (Å²) in [6, 6.07) is 10.6. The van der Waals surface area contributed by atoms with Gasteiger partial charge < -0.3 is 9.88 Å². The van der Waals surface area contributed by atoms with Crippen LogP contribution in [0.3, 0.4) is 0 Å². The van der Waals surface area contributed by atoms with Gasteiger partial charge in [-0.15, -0.1) is 0 Å². The van der Waals surface area contributed by atoms with Crippen LogP contribution >= 0.6 is 0 Å². The third kappa shape index (κ3) is 3.85. The molecule has 102 valence electrons. The summed E-state index contributed by atoms with van der Waals surface area (Å²) in [4.78, 5) is 4.39. The zero-order chi connectivity index (χ0) is 13.7. The standard InChI is InChI=1S/C16H23N3/c1-13(2)11-18-16-17-9-10-19(16)12-14(3)15-7-5-4-6-8-15/h4-10,13-14H,11-12H2,1-3H3,(H,17,18). The summed E-state index contributed by atoms with van der Waals surface area (Å²) in [7, 11) is 0. The van der Waals surface area contributed by atoms with Gasteiger partial charge in [-0.2, -0.15) is 0 Å². The molecule has 1 aromatic heterocycles. The fraction of sp³-hybridized carbons (Fsp3) is 0.438. The molecule has 0 radical (unpaired) electrons. The van der Waals surface area contributed by atoms with Gasteiger partial charge in [0, 0.05) is 25.5 Å². The molecule has 2 rings (SSSR count). The Morgan fingerprint density at radius 3 is 2.58 bits per heavy atom. The van der Waals surface area contributed by atoms with Crippen molar-refractivity contribution < 1.29 is 0 Å². The third-order valence-corrected chi connectivity index (χ3v) is 3.22. The molecule has 1 atom stereocenters. The number of nitrogens with one attached hydrogen (secondary N) is 1. The average molecular weight is 257 g/mol. The van der Waals surface area contributed by atoms with E-state index >= 15 is 0 Å². The molecule has 3 nitrogen and oxygen atoms in total. The molecule has 0 saturated carbocycles. The number of aromatic nitrogens is 2. The van der Waals surface area contributed by atoms with E-state index in [4.69, 9.17) is 0 Å². The second-order valence-electron chi connectivity index (χ2n) is 5.49. The van der Waals surface area contributed by atoms with Crippen molar-refractivity contribution in [2.45, 2.75) is 33.2 Å². The highest BCUT2D eigenvalue weighted by atomic mass is 15.2. The van der Waals surface area contributed by atoms with Crippen molar-refractivity contribution in [3.8, 4) is 0 Å². The van der Waals surface area contributed by atoms with Gasteiger partial charge in [0.05, 0.1) is 0 Å². The van der Waals surface area contributed by atoms with E-state index in [1.54, 1.807) is 0 Å². The minimum Gasteiger partial charge on any atom is -0.355 e. The summed E-state index contributed by atoms with van der Waals surface area (Å²) >= 11 is 0. The molecule has 0 amide bonds. The second kappa shape index (κ2) is 6.41. The third-order valence-electron chi connectivity index (χ3n) is 3.22. The maximum absolute atomic E-state index is 4.39. The lowest BCUT2D eigenvalue weighted by Gasteiger charge is -2.16. The van der Waals surface area contributed by atoms with Gasteiger partial charge >= 0.3 is 0 Å². The van der Waals surface area contributed by atoms with Gasteiger partial charge in [-0.25, -0.2) is 4.98 Å². The quantitative estimate of drug-likeness (QED) is 0.854. The monoisotopic (exact) mass is 257 g/mol. The van der Waals surface area contributed by atoms with E-state index in [-0.39, 0.29) is 0 Å². The average Bonchev–Trinajstić information content (AvgIpc) is 2.84. The summed E-state index contributed by atoms with van der Waals surface area (Å²) < 4.78 is 2.19. The van der Waals surface area contributed by atoms with Crippen molar-refractivity contribution in [3.05, 3.63) is 48.3 Å². The van der Waals surface area contributed by atoms with Crippen molar-refractivity contribution >= 4 is 5.95 Å². The largest absolute Gasteiger partial charge is 0.355 e. The lowest BCUT2D eigenvalue weighted by atomic mass is 10.0. The van der Waals surface area contributed by atoms with E-state index in [2.05, 4.69) is 66.0 Å². The van der Waals surface area contributed by atoms with Crippen LogP contribution in [-0.4, -0.2) is 16.1 Å². The molecule has 0 bridgehead atoms. The molecule has 1 aromatic carbocycles. The summed E-state index contributed by atoms with van der Waals surface area (Å²) in [6.07, 6.45) is 3.91. The van der Waals surface area contributed by atoms with Crippen molar-refractivity contribution in [2.24, 2.45) is 5.92 Å². The Morgan fingerprint density at radius 2 is 1.89 bits per heavy atom. The first-order valence-corrected chi connectivity index (χ1v) is 6.96. The first-order chi connectivity index (χ1) is 9.16. The molecule has 0 aliphatic carbocycles. The smallest absolute Gasteiger partial charge is 0.202 e. The molecule has 0 spiro atoms. The minimum atomic E-state index is 0.481. The van der Waals surface area contributed by atoms with Crippen molar-refractivity contribution in [1.82, 2.24) is 9.55 Å². The van der Waals surface area contributed by atoms with Gasteiger partial charge in [0.25, 0.3) is 0 Å². The number of rotatable bonds is 6. The van der Waals surface area contributed by atoms with Crippen molar-refractivity contribution in [3.63, 3.8) is 0 Å². The number of imidazole rings is 1. The zero-order valence-corrected chi connectivity index (χ0v) is 12.0. The highest BCUT2D eigenvalue weighted by Gasteiger charge is 2.09. The molecule has 1 unspecified atom stereocenters. The second-order valence-corrected chi connectivity index (χ2v) is 5.49. The van der Waals surface area contributed by atoms with Crippen LogP contribution in [0.1, 0.15) is 32.3 Å². The highest BCUT2D eigenvalue weighted by Crippen LogP contribution is 2.19. The first-order valence-electron chi connectivity index (χ1n) is 6.96. The molecule has 1 N–H and O–H groups in total. The highest BCUT2D eigenvalue weighted by molar-refractivity contribution is 5.27. The molecule has 19 heavy (non-hydrogen) atoms. The van der Waals surface area contributed by atoms with E-state index in [0.717, 1.165) is 19.0 Å². The fourth-order valence-corrected chi connectivity index (χ4v) is 2.10.